The van der Waals surface area contributed by atoms with Crippen LogP contribution in [0.1, 0.15) is 70.5 Å². The highest BCUT2D eigenvalue weighted by Crippen LogP contribution is 2.20. The maximum atomic E-state index is 4.83. The number of aromatic nitrogens is 2. The predicted octanol–water partition coefficient (Wildman–Crippen LogP) is 7.44. The molecule has 0 saturated carbocycles. The van der Waals surface area contributed by atoms with Gasteiger partial charge < -0.3 is 4.57 Å². The lowest BCUT2D eigenvalue weighted by Crippen LogP contribution is -2.04. The van der Waals surface area contributed by atoms with Crippen LogP contribution in [0, 0.1) is 0 Å². The summed E-state index contributed by atoms with van der Waals surface area (Å²) < 4.78 is 3.30. The summed E-state index contributed by atoms with van der Waals surface area (Å²) in [6.07, 6.45) is 13.3. The molecule has 0 N–H and O–H groups in total. The number of nitrogens with zero attached hydrogens (tertiary/aromatic N) is 2. The van der Waals surface area contributed by atoms with E-state index < -0.39 is 0 Å². The van der Waals surface area contributed by atoms with Crippen LogP contribution < -0.4 is 0 Å². The normalized spacial score (nSPS) is 10.8. The number of imidazole rings is 1. The van der Waals surface area contributed by atoms with E-state index in [4.69, 9.17) is 4.98 Å². The molecule has 1 heterocycles. The maximum Gasteiger partial charge on any atom is 0.110 e. The van der Waals surface area contributed by atoms with Gasteiger partial charge in [0.2, 0.25) is 0 Å². The molecular weight excluding hydrogens is 396 g/mol. The Hall–Kier alpha value is -0.800. The third-order valence-electron chi connectivity index (χ3n) is 4.57. The van der Waals surface area contributed by atoms with Crippen molar-refractivity contribution in [3.8, 4) is 0 Å². The first-order chi connectivity index (χ1) is 11.7. The van der Waals surface area contributed by atoms with Crippen molar-refractivity contribution in [1.82, 2.24) is 9.55 Å². The van der Waals surface area contributed by atoms with Crippen molar-refractivity contribution in [2.45, 2.75) is 77.7 Å². The minimum Gasteiger partial charge on any atom is -0.323 e. The zero-order valence-electron chi connectivity index (χ0n) is 15.5. The van der Waals surface area contributed by atoms with Gasteiger partial charge in [-0.25, -0.2) is 4.98 Å². The Morgan fingerprint density at radius 1 is 1.00 bits per heavy atom. The van der Waals surface area contributed by atoms with Crippen LogP contribution in [0.3, 0.4) is 0 Å². The van der Waals surface area contributed by atoms with Gasteiger partial charge in [0.05, 0.1) is 17.6 Å². The topological polar surface area (TPSA) is 17.8 Å². The van der Waals surface area contributed by atoms with Crippen molar-refractivity contribution in [3.63, 3.8) is 0 Å². The maximum absolute atomic E-state index is 4.83. The summed E-state index contributed by atoms with van der Waals surface area (Å²) in [5.41, 5.74) is 2.31. The van der Waals surface area contributed by atoms with Gasteiger partial charge in [-0.15, -0.1) is 12.4 Å². The van der Waals surface area contributed by atoms with Crippen LogP contribution in [0.2, 0.25) is 0 Å². The molecule has 0 aliphatic heterocycles. The number of fused-ring (bicyclic) bond motifs is 1. The first-order valence-electron chi connectivity index (χ1n) is 9.49. The Bertz CT molecular complexity index is 636. The van der Waals surface area contributed by atoms with Crippen molar-refractivity contribution >= 4 is 39.4 Å². The third-order valence-corrected chi connectivity index (χ3v) is 4.82. The number of allylic oxidation sites excluding steroid dienone is 1. The Balaban J connectivity index is 0.00000312. The molecule has 0 spiro atoms. The quantitative estimate of drug-likeness (QED) is 0.322. The second kappa shape index (κ2) is 12.5. The molecule has 0 saturated heterocycles. The number of benzene rings is 1. The summed E-state index contributed by atoms with van der Waals surface area (Å²) in [7, 11) is 0. The molecule has 2 aromatic rings. The fourth-order valence-electron chi connectivity index (χ4n) is 3.26. The van der Waals surface area contributed by atoms with Gasteiger partial charge in [0.25, 0.3) is 0 Å². The van der Waals surface area contributed by atoms with E-state index in [1.807, 2.05) is 0 Å². The van der Waals surface area contributed by atoms with Crippen LogP contribution in [0.5, 0.6) is 0 Å². The largest absolute Gasteiger partial charge is 0.323 e. The minimum absolute atomic E-state index is 0. The highest BCUT2D eigenvalue weighted by atomic mass is 79.9. The zero-order valence-corrected chi connectivity index (χ0v) is 17.9. The van der Waals surface area contributed by atoms with Crippen molar-refractivity contribution in [2.24, 2.45) is 0 Å². The van der Waals surface area contributed by atoms with Gasteiger partial charge in [-0.05, 0) is 18.6 Å². The number of hydrogen-bond donors (Lipinski definition) is 0. The number of hydrogen-bond acceptors (Lipinski definition) is 1. The lowest BCUT2D eigenvalue weighted by atomic mass is 10.1. The summed E-state index contributed by atoms with van der Waals surface area (Å²) in [5.74, 6) is 1.19. The fourth-order valence-corrected chi connectivity index (χ4v) is 3.51. The van der Waals surface area contributed by atoms with Crippen molar-refractivity contribution < 1.29 is 0 Å². The molecule has 0 bridgehead atoms. The SMILES string of the molecule is C=C(Br)Cn1c(CCCCCCCCCCC)nc2ccccc21.Cl. The Labute approximate surface area is 167 Å². The monoisotopic (exact) mass is 426 g/mol. The first-order valence-corrected chi connectivity index (χ1v) is 10.3. The van der Waals surface area contributed by atoms with E-state index in [2.05, 4.69) is 58.3 Å². The van der Waals surface area contributed by atoms with Gasteiger partial charge in [-0.2, -0.15) is 0 Å². The molecule has 0 radical (unpaired) electrons. The summed E-state index contributed by atoms with van der Waals surface area (Å²) in [5, 5.41) is 0. The van der Waals surface area contributed by atoms with Gasteiger partial charge in [-0.3, -0.25) is 0 Å². The van der Waals surface area contributed by atoms with E-state index >= 15 is 0 Å². The number of halogens is 2. The Morgan fingerprint density at radius 3 is 2.24 bits per heavy atom. The average molecular weight is 428 g/mol. The molecule has 25 heavy (non-hydrogen) atoms. The van der Waals surface area contributed by atoms with Crippen LogP contribution in [-0.4, -0.2) is 9.55 Å². The van der Waals surface area contributed by atoms with E-state index in [0.717, 1.165) is 23.0 Å². The molecule has 140 valence electrons. The molecule has 0 aliphatic rings. The molecule has 0 fully saturated rings. The van der Waals surface area contributed by atoms with Gasteiger partial charge >= 0.3 is 0 Å². The van der Waals surface area contributed by atoms with E-state index in [9.17, 15) is 0 Å². The van der Waals surface area contributed by atoms with Gasteiger partial charge in [0, 0.05) is 10.9 Å². The van der Waals surface area contributed by atoms with Gasteiger partial charge in [0.15, 0.2) is 0 Å². The molecule has 1 aromatic carbocycles. The summed E-state index contributed by atoms with van der Waals surface area (Å²) in [6.45, 7) is 7.07. The zero-order chi connectivity index (χ0) is 17.2. The summed E-state index contributed by atoms with van der Waals surface area (Å²) in [4.78, 5) is 4.83. The Kier molecular flexibility index (Phi) is 11.2. The molecule has 0 unspecified atom stereocenters. The molecule has 4 heteroatoms. The van der Waals surface area contributed by atoms with Crippen LogP contribution in [-0.2, 0) is 13.0 Å². The summed E-state index contributed by atoms with van der Waals surface area (Å²) >= 11 is 3.50. The number of para-hydroxylation sites is 2. The molecule has 0 atom stereocenters. The number of rotatable bonds is 12. The predicted molar refractivity (Wildman–Crippen MR) is 116 cm³/mol. The van der Waals surface area contributed by atoms with Gasteiger partial charge in [-0.1, -0.05) is 92.9 Å². The van der Waals surface area contributed by atoms with Crippen LogP contribution in [0.4, 0.5) is 0 Å². The lowest BCUT2D eigenvalue weighted by molar-refractivity contribution is 0.559. The lowest BCUT2D eigenvalue weighted by Gasteiger charge is -2.08. The molecular formula is C21H32BrClN2. The van der Waals surface area contributed by atoms with E-state index in [1.54, 1.807) is 0 Å². The molecule has 2 nitrogen and oxygen atoms in total. The van der Waals surface area contributed by atoms with Crippen molar-refractivity contribution in [1.29, 1.82) is 0 Å². The smallest absolute Gasteiger partial charge is 0.110 e. The third kappa shape index (κ3) is 7.53. The molecule has 1 aromatic heterocycles. The highest BCUT2D eigenvalue weighted by Gasteiger charge is 2.10. The van der Waals surface area contributed by atoms with Crippen LogP contribution in [0.25, 0.3) is 11.0 Å². The van der Waals surface area contributed by atoms with E-state index in [0.29, 0.717) is 0 Å². The first kappa shape index (κ1) is 22.2. The minimum atomic E-state index is 0. The second-order valence-corrected chi connectivity index (χ2v) is 7.82. The number of aryl methyl sites for hydroxylation is 1. The van der Waals surface area contributed by atoms with Crippen LogP contribution >= 0.6 is 28.3 Å². The highest BCUT2D eigenvalue weighted by molar-refractivity contribution is 9.11. The standard InChI is InChI=1S/C21H31BrN2.ClH/c1-3-4-5-6-7-8-9-10-11-16-21-23-19-14-12-13-15-20(19)24(21)17-18(2)22;/h12-15H,2-11,16-17H2,1H3;1H. The average Bonchev–Trinajstić information content (AvgIpc) is 2.91. The fraction of sp³-hybridized carbons (Fsp3) is 0.571. The molecule has 0 aliphatic carbocycles. The molecule has 2 rings (SSSR count). The van der Waals surface area contributed by atoms with Crippen molar-refractivity contribution in [2.75, 3.05) is 0 Å². The van der Waals surface area contributed by atoms with Gasteiger partial charge in [0.1, 0.15) is 5.82 Å². The van der Waals surface area contributed by atoms with Crippen LogP contribution in [0.15, 0.2) is 35.3 Å². The van der Waals surface area contributed by atoms with E-state index in [1.165, 1.54) is 69.1 Å². The second-order valence-electron chi connectivity index (χ2n) is 6.70. The van der Waals surface area contributed by atoms with Crippen molar-refractivity contribution in [3.05, 3.63) is 41.2 Å². The molecule has 0 amide bonds. The number of unbranched alkanes of at least 4 members (excludes halogenated alkanes) is 8. The Morgan fingerprint density at radius 2 is 1.60 bits per heavy atom. The summed E-state index contributed by atoms with van der Waals surface area (Å²) in [6, 6.07) is 8.39. The van der Waals surface area contributed by atoms with E-state index in [-0.39, 0.29) is 12.4 Å².